The summed E-state index contributed by atoms with van der Waals surface area (Å²) in [5, 5.41) is 11.4. The Morgan fingerprint density at radius 1 is 0.895 bits per heavy atom. The van der Waals surface area contributed by atoms with E-state index in [0.717, 1.165) is 6.42 Å². The third-order valence-electron chi connectivity index (χ3n) is 3.28. The Kier molecular flexibility index (Phi) is 5.13. The summed E-state index contributed by atoms with van der Waals surface area (Å²) in [4.78, 5) is 0. The summed E-state index contributed by atoms with van der Waals surface area (Å²) in [6.45, 7) is 3.40. The second kappa shape index (κ2) is 7.07. The van der Waals surface area contributed by atoms with Crippen LogP contribution in [0.4, 0.5) is 0 Å². The zero-order valence-corrected chi connectivity index (χ0v) is 11.4. The van der Waals surface area contributed by atoms with Crippen LogP contribution in [0, 0.1) is 0 Å². The molecule has 0 spiro atoms. The van der Waals surface area contributed by atoms with Crippen molar-refractivity contribution in [2.24, 2.45) is 0 Å². The van der Waals surface area contributed by atoms with Gasteiger partial charge in [-0.25, -0.2) is 0 Å². The Bertz CT molecular complexity index is 430. The van der Waals surface area contributed by atoms with E-state index in [0.29, 0.717) is 13.1 Å². The molecule has 0 atom stereocenters. The van der Waals surface area contributed by atoms with Crippen LogP contribution >= 0.6 is 0 Å². The van der Waals surface area contributed by atoms with Crippen molar-refractivity contribution in [3.8, 4) is 0 Å². The zero-order chi connectivity index (χ0) is 13.5. The predicted octanol–water partition coefficient (Wildman–Crippen LogP) is 3.92. The van der Waals surface area contributed by atoms with E-state index >= 15 is 0 Å². The molecule has 0 bridgehead atoms. The minimum atomic E-state index is 0.207. The minimum Gasteiger partial charge on any atom is -0.314 e. The molecule has 19 heavy (non-hydrogen) atoms. The monoisotopic (exact) mass is 255 g/mol. The van der Waals surface area contributed by atoms with Gasteiger partial charge in [0.1, 0.15) is 0 Å². The first-order chi connectivity index (χ1) is 9.31. The van der Waals surface area contributed by atoms with Crippen molar-refractivity contribution >= 4 is 0 Å². The molecule has 100 valence electrons. The molecule has 2 heteroatoms. The first kappa shape index (κ1) is 13.8. The molecule has 2 aromatic carbocycles. The lowest BCUT2D eigenvalue weighted by Crippen LogP contribution is -2.26. The zero-order valence-electron chi connectivity index (χ0n) is 11.4. The highest BCUT2D eigenvalue weighted by Gasteiger charge is 2.16. The van der Waals surface area contributed by atoms with Crippen molar-refractivity contribution in [1.29, 1.82) is 0 Å². The second-order valence-corrected chi connectivity index (χ2v) is 4.79. The first-order valence-corrected chi connectivity index (χ1v) is 6.85. The molecule has 0 aliphatic rings. The second-order valence-electron chi connectivity index (χ2n) is 4.79. The maximum Gasteiger partial charge on any atom is 0.0347 e. The third kappa shape index (κ3) is 3.91. The van der Waals surface area contributed by atoms with Gasteiger partial charge in [-0.2, -0.15) is 5.06 Å². The summed E-state index contributed by atoms with van der Waals surface area (Å²) in [6.07, 6.45) is 0.951. The molecule has 0 aliphatic carbocycles. The van der Waals surface area contributed by atoms with E-state index in [1.165, 1.54) is 16.2 Å². The standard InChI is InChI=1S/C17H21NO/c1-2-13-18(19)14-17(15-9-5-3-6-10-15)16-11-7-4-8-12-16/h3-12,17,19H,2,13-14H2,1H3. The van der Waals surface area contributed by atoms with Gasteiger partial charge < -0.3 is 5.21 Å². The van der Waals surface area contributed by atoms with Gasteiger partial charge in [0, 0.05) is 19.0 Å². The molecule has 2 aromatic rings. The van der Waals surface area contributed by atoms with Gasteiger partial charge in [-0.05, 0) is 17.5 Å². The first-order valence-electron chi connectivity index (χ1n) is 6.85. The summed E-state index contributed by atoms with van der Waals surface area (Å²) in [5.74, 6) is 0.207. The number of hydrogen-bond donors (Lipinski definition) is 1. The fourth-order valence-electron chi connectivity index (χ4n) is 2.33. The largest absolute Gasteiger partial charge is 0.314 e. The SMILES string of the molecule is CCCN(O)CC(c1ccccc1)c1ccccc1. The fourth-order valence-corrected chi connectivity index (χ4v) is 2.33. The summed E-state index contributed by atoms with van der Waals surface area (Å²) in [7, 11) is 0. The quantitative estimate of drug-likeness (QED) is 0.791. The van der Waals surface area contributed by atoms with Gasteiger partial charge in [0.05, 0.1) is 0 Å². The van der Waals surface area contributed by atoms with E-state index in [4.69, 9.17) is 0 Å². The van der Waals surface area contributed by atoms with Crippen molar-refractivity contribution < 1.29 is 5.21 Å². The summed E-state index contributed by atoms with van der Waals surface area (Å²) in [5.41, 5.74) is 2.48. The summed E-state index contributed by atoms with van der Waals surface area (Å²) < 4.78 is 0. The molecule has 2 rings (SSSR count). The number of hydroxylamine groups is 2. The number of rotatable bonds is 6. The van der Waals surface area contributed by atoms with Crippen molar-refractivity contribution in [3.63, 3.8) is 0 Å². The van der Waals surface area contributed by atoms with E-state index in [1.807, 2.05) is 36.4 Å². The Balaban J connectivity index is 2.24. The van der Waals surface area contributed by atoms with Crippen LogP contribution in [-0.2, 0) is 0 Å². The van der Waals surface area contributed by atoms with Gasteiger partial charge in [0.25, 0.3) is 0 Å². The third-order valence-corrected chi connectivity index (χ3v) is 3.28. The lowest BCUT2D eigenvalue weighted by Gasteiger charge is -2.23. The Morgan fingerprint density at radius 2 is 1.37 bits per heavy atom. The molecule has 0 fully saturated rings. The van der Waals surface area contributed by atoms with E-state index in [-0.39, 0.29) is 5.92 Å². The van der Waals surface area contributed by atoms with E-state index < -0.39 is 0 Å². The average Bonchev–Trinajstić information content (AvgIpc) is 2.47. The topological polar surface area (TPSA) is 23.5 Å². The Hall–Kier alpha value is -1.64. The molecule has 0 heterocycles. The van der Waals surface area contributed by atoms with Gasteiger partial charge in [0.15, 0.2) is 0 Å². The lowest BCUT2D eigenvalue weighted by atomic mass is 9.91. The van der Waals surface area contributed by atoms with Crippen LogP contribution in [0.15, 0.2) is 60.7 Å². The van der Waals surface area contributed by atoms with Crippen LogP contribution in [0.1, 0.15) is 30.4 Å². The average molecular weight is 255 g/mol. The van der Waals surface area contributed by atoms with E-state index in [2.05, 4.69) is 31.2 Å². The van der Waals surface area contributed by atoms with Crippen LogP contribution in [0.2, 0.25) is 0 Å². The van der Waals surface area contributed by atoms with Crippen molar-refractivity contribution in [3.05, 3.63) is 71.8 Å². The van der Waals surface area contributed by atoms with Crippen LogP contribution in [0.5, 0.6) is 0 Å². The maximum absolute atomic E-state index is 9.98. The molecule has 0 aliphatic heterocycles. The van der Waals surface area contributed by atoms with Crippen molar-refractivity contribution in [2.75, 3.05) is 13.1 Å². The number of hydrogen-bond acceptors (Lipinski definition) is 2. The van der Waals surface area contributed by atoms with Gasteiger partial charge in [0.2, 0.25) is 0 Å². The Morgan fingerprint density at radius 3 is 1.79 bits per heavy atom. The maximum atomic E-state index is 9.98. The van der Waals surface area contributed by atoms with Crippen LogP contribution in [0.25, 0.3) is 0 Å². The number of nitrogens with zero attached hydrogens (tertiary/aromatic N) is 1. The molecule has 1 N–H and O–H groups in total. The van der Waals surface area contributed by atoms with E-state index in [9.17, 15) is 5.21 Å². The highest BCUT2D eigenvalue weighted by Crippen LogP contribution is 2.25. The number of benzene rings is 2. The highest BCUT2D eigenvalue weighted by atomic mass is 16.5. The predicted molar refractivity (Wildman–Crippen MR) is 78.4 cm³/mol. The minimum absolute atomic E-state index is 0.207. The smallest absolute Gasteiger partial charge is 0.0347 e. The molecular formula is C17H21NO. The molecule has 2 nitrogen and oxygen atoms in total. The molecule has 0 radical (unpaired) electrons. The summed E-state index contributed by atoms with van der Waals surface area (Å²) >= 11 is 0. The molecule has 0 unspecified atom stereocenters. The van der Waals surface area contributed by atoms with Gasteiger partial charge >= 0.3 is 0 Å². The fraction of sp³-hybridized carbons (Fsp3) is 0.294. The van der Waals surface area contributed by atoms with Crippen molar-refractivity contribution in [1.82, 2.24) is 5.06 Å². The molecule has 0 aromatic heterocycles. The normalized spacial score (nSPS) is 11.2. The lowest BCUT2D eigenvalue weighted by molar-refractivity contribution is -0.0924. The van der Waals surface area contributed by atoms with Crippen molar-refractivity contribution in [2.45, 2.75) is 19.3 Å². The molecule has 0 saturated carbocycles. The van der Waals surface area contributed by atoms with Gasteiger partial charge in [-0.1, -0.05) is 67.6 Å². The van der Waals surface area contributed by atoms with E-state index in [1.54, 1.807) is 0 Å². The molecular weight excluding hydrogens is 234 g/mol. The summed E-state index contributed by atoms with van der Waals surface area (Å²) in [6, 6.07) is 20.7. The van der Waals surface area contributed by atoms with Crippen LogP contribution in [0.3, 0.4) is 0 Å². The van der Waals surface area contributed by atoms with Crippen LogP contribution in [-0.4, -0.2) is 23.4 Å². The van der Waals surface area contributed by atoms with Gasteiger partial charge in [-0.3, -0.25) is 0 Å². The van der Waals surface area contributed by atoms with Crippen LogP contribution < -0.4 is 0 Å². The highest BCUT2D eigenvalue weighted by molar-refractivity contribution is 5.32. The Labute approximate surface area is 115 Å². The molecule has 0 saturated heterocycles. The molecule has 0 amide bonds. The van der Waals surface area contributed by atoms with Gasteiger partial charge in [-0.15, -0.1) is 0 Å².